The summed E-state index contributed by atoms with van der Waals surface area (Å²) in [4.78, 5) is 13.1. The predicted octanol–water partition coefficient (Wildman–Crippen LogP) is 6.37. The van der Waals surface area contributed by atoms with Crippen LogP contribution in [0.5, 0.6) is 5.75 Å². The molecule has 0 aromatic heterocycles. The number of rotatable bonds is 18. The highest BCUT2D eigenvalue weighted by Crippen LogP contribution is 2.14. The molecule has 0 fully saturated rings. The minimum absolute atomic E-state index is 0.196. The number of halogens is 1. The predicted molar refractivity (Wildman–Crippen MR) is 125 cm³/mol. The second kappa shape index (κ2) is 17.1. The maximum Gasteiger partial charge on any atom is 0.304 e. The highest BCUT2D eigenvalue weighted by Gasteiger charge is 2.08. The first-order valence-electron chi connectivity index (χ1n) is 10.9. The number of hydrogen-bond donors (Lipinski definition) is 1. The molecule has 160 valence electrons. The van der Waals surface area contributed by atoms with Gasteiger partial charge in [0.15, 0.2) is 0 Å². The zero-order valence-corrected chi connectivity index (χ0v) is 19.7. The van der Waals surface area contributed by atoms with Crippen LogP contribution >= 0.6 is 22.6 Å². The average Bonchev–Trinajstić information content (AvgIpc) is 2.68. The third-order valence-electron chi connectivity index (χ3n) is 4.96. The molecule has 0 spiro atoms. The summed E-state index contributed by atoms with van der Waals surface area (Å²) in [6, 6.07) is 8.01. The summed E-state index contributed by atoms with van der Waals surface area (Å²) in [5.74, 6) is 0.143. The first kappa shape index (κ1) is 25.2. The Hall–Kier alpha value is -0.820. The van der Waals surface area contributed by atoms with E-state index in [0.717, 1.165) is 25.3 Å². The van der Waals surface area contributed by atoms with E-state index in [1.54, 1.807) is 0 Å². The van der Waals surface area contributed by atoms with Gasteiger partial charge in [-0.3, -0.25) is 9.69 Å². The third-order valence-corrected chi connectivity index (χ3v) is 5.68. The number of carboxylic acid groups (broad SMARTS) is 1. The third kappa shape index (κ3) is 14.2. The van der Waals surface area contributed by atoms with Crippen molar-refractivity contribution in [2.24, 2.45) is 0 Å². The second-order valence-corrected chi connectivity index (χ2v) is 8.72. The molecule has 0 atom stereocenters. The first-order valence-corrected chi connectivity index (χ1v) is 12.0. The van der Waals surface area contributed by atoms with Crippen molar-refractivity contribution >= 4 is 28.6 Å². The van der Waals surface area contributed by atoms with E-state index in [0.29, 0.717) is 13.2 Å². The fraction of sp³-hybridized carbons (Fsp3) is 0.696. The van der Waals surface area contributed by atoms with E-state index in [1.807, 2.05) is 24.3 Å². The number of carbonyl (C=O) groups is 1. The molecule has 1 aromatic rings. The van der Waals surface area contributed by atoms with E-state index in [-0.39, 0.29) is 6.42 Å². The summed E-state index contributed by atoms with van der Waals surface area (Å²) in [5, 5.41) is 8.98. The maximum absolute atomic E-state index is 10.9. The van der Waals surface area contributed by atoms with Gasteiger partial charge in [0.05, 0.1) is 6.42 Å². The van der Waals surface area contributed by atoms with Gasteiger partial charge in [-0.2, -0.15) is 0 Å². The summed E-state index contributed by atoms with van der Waals surface area (Å²) >= 11 is 2.28. The Morgan fingerprint density at radius 2 is 1.46 bits per heavy atom. The quantitative estimate of drug-likeness (QED) is 0.187. The minimum Gasteiger partial charge on any atom is -0.492 e. The lowest BCUT2D eigenvalue weighted by Gasteiger charge is -2.21. The molecule has 0 saturated carbocycles. The topological polar surface area (TPSA) is 49.8 Å². The fourth-order valence-corrected chi connectivity index (χ4v) is 3.60. The van der Waals surface area contributed by atoms with Gasteiger partial charge in [0, 0.05) is 16.7 Å². The highest BCUT2D eigenvalue weighted by atomic mass is 127. The number of aliphatic carboxylic acids is 1. The van der Waals surface area contributed by atoms with E-state index in [9.17, 15) is 4.79 Å². The molecule has 0 unspecified atom stereocenters. The monoisotopic (exact) mass is 503 g/mol. The van der Waals surface area contributed by atoms with Gasteiger partial charge in [-0.05, 0) is 59.8 Å². The molecular weight excluding hydrogens is 465 g/mol. The Morgan fingerprint density at radius 1 is 0.893 bits per heavy atom. The number of ether oxygens (including phenoxy) is 1. The van der Waals surface area contributed by atoms with Gasteiger partial charge in [0.1, 0.15) is 12.4 Å². The van der Waals surface area contributed by atoms with Gasteiger partial charge in [0.2, 0.25) is 0 Å². The van der Waals surface area contributed by atoms with Crippen molar-refractivity contribution < 1.29 is 14.6 Å². The Morgan fingerprint density at radius 3 is 2.04 bits per heavy atom. The van der Waals surface area contributed by atoms with Crippen LogP contribution in [0, 0.1) is 3.57 Å². The molecule has 5 heteroatoms. The van der Waals surface area contributed by atoms with Gasteiger partial charge >= 0.3 is 5.97 Å². The van der Waals surface area contributed by atoms with Gasteiger partial charge in [0.25, 0.3) is 0 Å². The maximum atomic E-state index is 10.9. The van der Waals surface area contributed by atoms with Gasteiger partial charge in [-0.15, -0.1) is 0 Å². The minimum atomic E-state index is -0.730. The van der Waals surface area contributed by atoms with Crippen LogP contribution in [0.25, 0.3) is 0 Å². The number of unbranched alkanes of at least 4 members (excludes halogenated alkanes) is 9. The van der Waals surface area contributed by atoms with E-state index in [1.165, 1.54) is 61.4 Å². The Kier molecular flexibility index (Phi) is 15.4. The molecule has 0 radical (unpaired) electrons. The summed E-state index contributed by atoms with van der Waals surface area (Å²) in [6.45, 7) is 5.19. The van der Waals surface area contributed by atoms with E-state index >= 15 is 0 Å². The van der Waals surface area contributed by atoms with Crippen LogP contribution in [0.15, 0.2) is 24.3 Å². The number of nitrogens with zero attached hydrogens (tertiary/aromatic N) is 1. The Bertz CT molecular complexity index is 507. The van der Waals surface area contributed by atoms with Crippen molar-refractivity contribution in [3.63, 3.8) is 0 Å². The van der Waals surface area contributed by atoms with E-state index in [4.69, 9.17) is 9.84 Å². The van der Waals surface area contributed by atoms with Crippen molar-refractivity contribution in [3.8, 4) is 5.75 Å². The summed E-state index contributed by atoms with van der Waals surface area (Å²) in [7, 11) is 0. The van der Waals surface area contributed by atoms with Crippen molar-refractivity contribution in [2.75, 3.05) is 26.2 Å². The zero-order valence-electron chi connectivity index (χ0n) is 17.5. The molecule has 28 heavy (non-hydrogen) atoms. The van der Waals surface area contributed by atoms with Gasteiger partial charge < -0.3 is 9.84 Å². The summed E-state index contributed by atoms with van der Waals surface area (Å²) in [5.41, 5.74) is 0. The van der Waals surface area contributed by atoms with Gasteiger partial charge in [-0.1, -0.05) is 64.7 Å². The molecular formula is C23H38INO3. The lowest BCUT2D eigenvalue weighted by atomic mass is 10.1. The molecule has 0 aliphatic carbocycles. The molecule has 0 bridgehead atoms. The Labute approximate surface area is 185 Å². The van der Waals surface area contributed by atoms with Crippen molar-refractivity contribution in [3.05, 3.63) is 27.8 Å². The Balaban J connectivity index is 2.14. The smallest absolute Gasteiger partial charge is 0.304 e. The largest absolute Gasteiger partial charge is 0.492 e. The van der Waals surface area contributed by atoms with Crippen LogP contribution < -0.4 is 4.74 Å². The van der Waals surface area contributed by atoms with E-state index < -0.39 is 5.97 Å². The van der Waals surface area contributed by atoms with Crippen LogP contribution in [-0.2, 0) is 4.79 Å². The summed E-state index contributed by atoms with van der Waals surface area (Å²) < 4.78 is 6.99. The fourth-order valence-electron chi connectivity index (χ4n) is 3.24. The van der Waals surface area contributed by atoms with Crippen molar-refractivity contribution in [1.82, 2.24) is 4.90 Å². The standard InChI is InChI=1S/C23H38INO3/c1-2-3-4-5-6-7-8-9-10-11-17-25(18-16-23(26)27)19-20-28-22-14-12-21(24)13-15-22/h12-15H,2-11,16-20H2,1H3,(H,26,27). The van der Waals surface area contributed by atoms with Crippen LogP contribution in [0.4, 0.5) is 0 Å². The lowest BCUT2D eigenvalue weighted by Crippen LogP contribution is -2.31. The molecule has 1 rings (SSSR count). The van der Waals surface area contributed by atoms with Crippen molar-refractivity contribution in [1.29, 1.82) is 0 Å². The molecule has 0 saturated heterocycles. The van der Waals surface area contributed by atoms with Crippen LogP contribution in [0.3, 0.4) is 0 Å². The molecule has 4 nitrogen and oxygen atoms in total. The van der Waals surface area contributed by atoms with Crippen LogP contribution in [0.2, 0.25) is 0 Å². The highest BCUT2D eigenvalue weighted by molar-refractivity contribution is 14.1. The normalized spacial score (nSPS) is 11.1. The number of benzene rings is 1. The lowest BCUT2D eigenvalue weighted by molar-refractivity contribution is -0.137. The first-order chi connectivity index (χ1) is 13.6. The second-order valence-electron chi connectivity index (χ2n) is 7.47. The molecule has 1 aromatic carbocycles. The number of carboxylic acids is 1. The van der Waals surface area contributed by atoms with Crippen LogP contribution in [-0.4, -0.2) is 42.2 Å². The average molecular weight is 503 g/mol. The SMILES string of the molecule is CCCCCCCCCCCCN(CCOc1ccc(I)cc1)CCC(=O)O. The number of hydrogen-bond acceptors (Lipinski definition) is 3. The van der Waals surface area contributed by atoms with E-state index in [2.05, 4.69) is 34.4 Å². The van der Waals surface area contributed by atoms with Crippen molar-refractivity contribution in [2.45, 2.75) is 77.6 Å². The molecule has 0 aliphatic heterocycles. The molecule has 0 aliphatic rings. The zero-order chi connectivity index (χ0) is 20.5. The summed E-state index contributed by atoms with van der Waals surface area (Å²) in [6.07, 6.45) is 13.4. The van der Waals surface area contributed by atoms with Crippen LogP contribution in [0.1, 0.15) is 77.6 Å². The molecule has 0 amide bonds. The van der Waals surface area contributed by atoms with Gasteiger partial charge in [-0.25, -0.2) is 0 Å². The molecule has 1 N–H and O–H groups in total. The molecule has 0 heterocycles.